The number of rotatable bonds is 5. The average molecular weight is 296 g/mol. The van der Waals surface area contributed by atoms with E-state index in [-0.39, 0.29) is 6.54 Å². The van der Waals surface area contributed by atoms with E-state index in [1.54, 1.807) is 18.2 Å². The molecule has 20 heavy (non-hydrogen) atoms. The molecule has 0 fully saturated rings. The van der Waals surface area contributed by atoms with Crippen molar-refractivity contribution in [2.75, 3.05) is 6.26 Å². The maximum absolute atomic E-state index is 13.0. The van der Waals surface area contributed by atoms with Gasteiger partial charge < -0.3 is 4.74 Å². The van der Waals surface area contributed by atoms with E-state index < -0.39 is 15.8 Å². The third-order valence-corrected chi connectivity index (χ3v) is 3.02. The summed E-state index contributed by atoms with van der Waals surface area (Å²) in [6.45, 7) is 0.159. The SMILES string of the molecule is CS(=O)(=O)NCc1ccc(Oc2cccc(F)c2)nc1. The summed E-state index contributed by atoms with van der Waals surface area (Å²) >= 11 is 0. The molecule has 0 saturated heterocycles. The van der Waals surface area contributed by atoms with Crippen LogP contribution in [0.1, 0.15) is 5.56 Å². The van der Waals surface area contributed by atoms with E-state index in [0.717, 1.165) is 6.26 Å². The first kappa shape index (κ1) is 14.4. The summed E-state index contributed by atoms with van der Waals surface area (Å²) in [4.78, 5) is 4.02. The number of ether oxygens (including phenoxy) is 1. The summed E-state index contributed by atoms with van der Waals surface area (Å²) in [7, 11) is -3.24. The van der Waals surface area contributed by atoms with Gasteiger partial charge in [0.2, 0.25) is 15.9 Å². The van der Waals surface area contributed by atoms with Gasteiger partial charge in [-0.15, -0.1) is 0 Å². The number of aromatic nitrogens is 1. The molecule has 0 amide bonds. The fourth-order valence-corrected chi connectivity index (χ4v) is 1.87. The highest BCUT2D eigenvalue weighted by Crippen LogP contribution is 2.19. The maximum Gasteiger partial charge on any atom is 0.219 e. The first-order valence-electron chi connectivity index (χ1n) is 5.75. The lowest BCUT2D eigenvalue weighted by Gasteiger charge is -2.06. The Morgan fingerprint density at radius 1 is 1.30 bits per heavy atom. The van der Waals surface area contributed by atoms with Gasteiger partial charge in [0.15, 0.2) is 0 Å². The van der Waals surface area contributed by atoms with Crippen molar-refractivity contribution in [3.63, 3.8) is 0 Å². The van der Waals surface area contributed by atoms with E-state index in [9.17, 15) is 12.8 Å². The number of sulfonamides is 1. The van der Waals surface area contributed by atoms with Crippen LogP contribution in [0.15, 0.2) is 42.6 Å². The average Bonchev–Trinajstić information content (AvgIpc) is 2.37. The van der Waals surface area contributed by atoms with Crippen LogP contribution in [0.4, 0.5) is 4.39 Å². The third-order valence-electron chi connectivity index (χ3n) is 2.35. The fraction of sp³-hybridized carbons (Fsp3) is 0.154. The molecule has 0 aliphatic rings. The van der Waals surface area contributed by atoms with E-state index in [1.807, 2.05) is 0 Å². The molecule has 1 heterocycles. The molecule has 106 valence electrons. The molecule has 0 aliphatic heterocycles. The lowest BCUT2D eigenvalue weighted by molar-refractivity contribution is 0.457. The zero-order valence-corrected chi connectivity index (χ0v) is 11.5. The lowest BCUT2D eigenvalue weighted by atomic mass is 10.3. The Morgan fingerprint density at radius 2 is 2.10 bits per heavy atom. The summed E-state index contributed by atoms with van der Waals surface area (Å²) < 4.78 is 42.6. The lowest BCUT2D eigenvalue weighted by Crippen LogP contribution is -2.21. The quantitative estimate of drug-likeness (QED) is 0.917. The second kappa shape index (κ2) is 5.98. The summed E-state index contributed by atoms with van der Waals surface area (Å²) in [5.41, 5.74) is 0.696. The van der Waals surface area contributed by atoms with Gasteiger partial charge in [0.05, 0.1) is 6.26 Å². The first-order valence-corrected chi connectivity index (χ1v) is 7.64. The second-order valence-corrected chi connectivity index (χ2v) is 5.99. The predicted octanol–water partition coefficient (Wildman–Crippen LogP) is 2.06. The molecule has 0 bridgehead atoms. The normalized spacial score (nSPS) is 11.3. The van der Waals surface area contributed by atoms with Crippen molar-refractivity contribution in [2.45, 2.75) is 6.54 Å². The molecule has 2 rings (SSSR count). The Hall–Kier alpha value is -1.99. The Bertz CT molecular complexity index is 687. The molecule has 7 heteroatoms. The molecule has 1 aromatic heterocycles. The van der Waals surface area contributed by atoms with E-state index in [1.165, 1.54) is 24.4 Å². The van der Waals surface area contributed by atoms with E-state index >= 15 is 0 Å². The number of pyridine rings is 1. The summed E-state index contributed by atoms with van der Waals surface area (Å²) in [6.07, 6.45) is 2.58. The van der Waals surface area contributed by atoms with Crippen molar-refractivity contribution in [1.29, 1.82) is 0 Å². The molecule has 5 nitrogen and oxygen atoms in total. The van der Waals surface area contributed by atoms with Crippen LogP contribution in [-0.2, 0) is 16.6 Å². The van der Waals surface area contributed by atoms with Crippen molar-refractivity contribution in [1.82, 2.24) is 9.71 Å². The highest BCUT2D eigenvalue weighted by Gasteiger charge is 2.03. The summed E-state index contributed by atoms with van der Waals surface area (Å²) in [5.74, 6) is 0.259. The number of nitrogens with one attached hydrogen (secondary N) is 1. The maximum atomic E-state index is 13.0. The Kier molecular flexibility index (Phi) is 4.31. The smallest absolute Gasteiger partial charge is 0.219 e. The summed E-state index contributed by atoms with van der Waals surface area (Å²) in [6, 6.07) is 8.99. The molecule has 0 atom stereocenters. The van der Waals surface area contributed by atoms with Gasteiger partial charge in [0.25, 0.3) is 0 Å². The molecule has 0 unspecified atom stereocenters. The molecular weight excluding hydrogens is 283 g/mol. The van der Waals surface area contributed by atoms with Crippen molar-refractivity contribution >= 4 is 10.0 Å². The largest absolute Gasteiger partial charge is 0.439 e. The number of benzene rings is 1. The van der Waals surface area contributed by atoms with Crippen LogP contribution in [0, 0.1) is 5.82 Å². The molecular formula is C13H13FN2O3S. The van der Waals surface area contributed by atoms with Crippen LogP contribution in [-0.4, -0.2) is 19.7 Å². The van der Waals surface area contributed by atoms with Gasteiger partial charge in [-0.1, -0.05) is 12.1 Å². The predicted molar refractivity (Wildman–Crippen MR) is 72.4 cm³/mol. The molecule has 0 radical (unpaired) electrons. The minimum atomic E-state index is -3.24. The highest BCUT2D eigenvalue weighted by molar-refractivity contribution is 7.88. The monoisotopic (exact) mass is 296 g/mol. The van der Waals surface area contributed by atoms with Gasteiger partial charge in [-0.2, -0.15) is 0 Å². The van der Waals surface area contributed by atoms with E-state index in [0.29, 0.717) is 17.2 Å². The van der Waals surface area contributed by atoms with Crippen LogP contribution in [0.25, 0.3) is 0 Å². The van der Waals surface area contributed by atoms with Crippen LogP contribution < -0.4 is 9.46 Å². The Balaban J connectivity index is 2.01. The van der Waals surface area contributed by atoms with Crippen LogP contribution in [0.2, 0.25) is 0 Å². The third kappa shape index (κ3) is 4.60. The fourth-order valence-electron chi connectivity index (χ4n) is 1.44. The number of nitrogens with zero attached hydrogens (tertiary/aromatic N) is 1. The number of halogens is 1. The minimum Gasteiger partial charge on any atom is -0.439 e. The standard InChI is InChI=1S/C13H13FN2O3S/c1-20(17,18)16-9-10-5-6-13(15-8-10)19-12-4-2-3-11(14)7-12/h2-8,16H,9H2,1H3. The van der Waals surface area contributed by atoms with Gasteiger partial charge in [0, 0.05) is 24.9 Å². The van der Waals surface area contributed by atoms with Crippen molar-refractivity contribution in [3.8, 4) is 11.6 Å². The molecule has 0 aliphatic carbocycles. The second-order valence-electron chi connectivity index (χ2n) is 4.16. The topological polar surface area (TPSA) is 68.3 Å². The molecule has 0 saturated carbocycles. The number of hydrogen-bond donors (Lipinski definition) is 1. The van der Waals surface area contributed by atoms with E-state index in [2.05, 4.69) is 9.71 Å². The van der Waals surface area contributed by atoms with Crippen LogP contribution in [0.3, 0.4) is 0 Å². The van der Waals surface area contributed by atoms with Crippen LogP contribution >= 0.6 is 0 Å². The molecule has 2 aromatic rings. The molecule has 0 spiro atoms. The van der Waals surface area contributed by atoms with Gasteiger partial charge in [-0.05, 0) is 17.7 Å². The van der Waals surface area contributed by atoms with Gasteiger partial charge >= 0.3 is 0 Å². The van der Waals surface area contributed by atoms with Gasteiger partial charge in [-0.25, -0.2) is 22.5 Å². The molecule has 1 aromatic carbocycles. The molecule has 1 N–H and O–H groups in total. The Morgan fingerprint density at radius 3 is 2.70 bits per heavy atom. The van der Waals surface area contributed by atoms with Crippen molar-refractivity contribution in [3.05, 3.63) is 54.0 Å². The highest BCUT2D eigenvalue weighted by atomic mass is 32.2. The van der Waals surface area contributed by atoms with Gasteiger partial charge in [-0.3, -0.25) is 0 Å². The van der Waals surface area contributed by atoms with Crippen molar-refractivity contribution < 1.29 is 17.5 Å². The van der Waals surface area contributed by atoms with Crippen molar-refractivity contribution in [2.24, 2.45) is 0 Å². The Labute approximate surface area is 116 Å². The minimum absolute atomic E-state index is 0.159. The van der Waals surface area contributed by atoms with E-state index in [4.69, 9.17) is 4.74 Å². The zero-order chi connectivity index (χ0) is 14.6. The zero-order valence-electron chi connectivity index (χ0n) is 10.7. The first-order chi connectivity index (χ1) is 9.42. The summed E-state index contributed by atoms with van der Waals surface area (Å²) in [5, 5.41) is 0. The van der Waals surface area contributed by atoms with Gasteiger partial charge in [0.1, 0.15) is 11.6 Å². The number of hydrogen-bond acceptors (Lipinski definition) is 4. The van der Waals surface area contributed by atoms with Crippen LogP contribution in [0.5, 0.6) is 11.6 Å².